The zero-order valence-corrected chi connectivity index (χ0v) is 9.61. The number of rotatable bonds is 8. The van der Waals surface area contributed by atoms with Gasteiger partial charge >= 0.3 is 0 Å². The van der Waals surface area contributed by atoms with Crippen LogP contribution in [0.15, 0.2) is 24.3 Å². The molecule has 0 aliphatic carbocycles. The first-order chi connectivity index (χ1) is 7.83. The summed E-state index contributed by atoms with van der Waals surface area (Å²) in [5, 5.41) is 12.3. The van der Waals surface area contributed by atoms with Crippen LogP contribution in [0.5, 0.6) is 5.75 Å². The molecule has 0 amide bonds. The fraction of sp³-hybridized carbons (Fsp3) is 0.500. The van der Waals surface area contributed by atoms with Crippen LogP contribution < -0.4 is 5.32 Å². The van der Waals surface area contributed by atoms with Gasteiger partial charge in [-0.25, -0.2) is 0 Å². The van der Waals surface area contributed by atoms with Crippen molar-refractivity contribution in [2.75, 3.05) is 33.5 Å². The van der Waals surface area contributed by atoms with E-state index in [-0.39, 0.29) is 0 Å². The van der Waals surface area contributed by atoms with Crippen molar-refractivity contribution in [3.05, 3.63) is 29.8 Å². The van der Waals surface area contributed by atoms with Gasteiger partial charge in [0.1, 0.15) is 5.75 Å². The monoisotopic (exact) mass is 225 g/mol. The third-order valence-corrected chi connectivity index (χ3v) is 2.12. The molecule has 2 N–H and O–H groups in total. The molecular weight excluding hydrogens is 206 g/mol. The molecule has 0 radical (unpaired) electrons. The zero-order valence-electron chi connectivity index (χ0n) is 9.61. The van der Waals surface area contributed by atoms with Crippen molar-refractivity contribution in [3.63, 3.8) is 0 Å². The number of phenols is 1. The van der Waals surface area contributed by atoms with Gasteiger partial charge in [0, 0.05) is 20.2 Å². The van der Waals surface area contributed by atoms with Crippen LogP contribution in [0.3, 0.4) is 0 Å². The predicted octanol–water partition coefficient (Wildman–Crippen LogP) is 1.14. The van der Waals surface area contributed by atoms with E-state index in [2.05, 4.69) is 5.32 Å². The van der Waals surface area contributed by atoms with Gasteiger partial charge < -0.3 is 19.9 Å². The fourth-order valence-corrected chi connectivity index (χ4v) is 1.24. The summed E-state index contributed by atoms with van der Waals surface area (Å²) in [6.45, 7) is 3.55. The second-order valence-electron chi connectivity index (χ2n) is 3.45. The second kappa shape index (κ2) is 8.10. The molecule has 0 aliphatic rings. The molecule has 0 aliphatic heterocycles. The number of methoxy groups -OCH3 is 1. The van der Waals surface area contributed by atoms with E-state index < -0.39 is 0 Å². The Morgan fingerprint density at radius 2 is 1.88 bits per heavy atom. The number of ether oxygens (including phenoxy) is 2. The van der Waals surface area contributed by atoms with E-state index in [1.165, 1.54) is 0 Å². The Hall–Kier alpha value is -1.10. The number of hydrogen-bond donors (Lipinski definition) is 2. The molecule has 0 unspecified atom stereocenters. The minimum atomic E-state index is 0.298. The van der Waals surface area contributed by atoms with Gasteiger partial charge in [0.2, 0.25) is 0 Å². The highest BCUT2D eigenvalue weighted by Gasteiger charge is 1.93. The fourth-order valence-electron chi connectivity index (χ4n) is 1.24. The minimum Gasteiger partial charge on any atom is -0.508 e. The topological polar surface area (TPSA) is 50.7 Å². The molecule has 16 heavy (non-hydrogen) atoms. The van der Waals surface area contributed by atoms with Gasteiger partial charge in [-0.05, 0) is 17.7 Å². The van der Waals surface area contributed by atoms with E-state index in [0.29, 0.717) is 25.6 Å². The van der Waals surface area contributed by atoms with E-state index in [1.807, 2.05) is 12.1 Å². The molecular formula is C12H19NO3. The predicted molar refractivity (Wildman–Crippen MR) is 62.5 cm³/mol. The van der Waals surface area contributed by atoms with Crippen LogP contribution in [-0.4, -0.2) is 38.6 Å². The standard InChI is InChI=1S/C12H19NO3/c1-15-8-9-16-7-6-13-10-11-2-4-12(14)5-3-11/h2-5,13-14H,6-10H2,1H3. The highest BCUT2D eigenvalue weighted by atomic mass is 16.5. The van der Waals surface area contributed by atoms with Crippen molar-refractivity contribution in [2.24, 2.45) is 0 Å². The van der Waals surface area contributed by atoms with Crippen molar-refractivity contribution >= 4 is 0 Å². The van der Waals surface area contributed by atoms with Crippen molar-refractivity contribution in [3.8, 4) is 5.75 Å². The largest absolute Gasteiger partial charge is 0.508 e. The molecule has 0 bridgehead atoms. The normalized spacial score (nSPS) is 10.6. The second-order valence-corrected chi connectivity index (χ2v) is 3.45. The van der Waals surface area contributed by atoms with Crippen molar-refractivity contribution < 1.29 is 14.6 Å². The summed E-state index contributed by atoms with van der Waals surface area (Å²) < 4.78 is 10.2. The summed E-state index contributed by atoms with van der Waals surface area (Å²) in [7, 11) is 1.66. The van der Waals surface area contributed by atoms with Crippen LogP contribution in [-0.2, 0) is 16.0 Å². The van der Waals surface area contributed by atoms with Gasteiger partial charge in [0.15, 0.2) is 0 Å². The number of hydrogen-bond acceptors (Lipinski definition) is 4. The SMILES string of the molecule is COCCOCCNCc1ccc(O)cc1. The Kier molecular flexibility index (Phi) is 6.56. The van der Waals surface area contributed by atoms with Gasteiger partial charge in [-0.15, -0.1) is 0 Å². The maximum Gasteiger partial charge on any atom is 0.115 e. The van der Waals surface area contributed by atoms with Crippen molar-refractivity contribution in [2.45, 2.75) is 6.54 Å². The van der Waals surface area contributed by atoms with Gasteiger partial charge in [-0.3, -0.25) is 0 Å². The molecule has 0 spiro atoms. The first-order valence-electron chi connectivity index (χ1n) is 5.38. The van der Waals surface area contributed by atoms with E-state index in [4.69, 9.17) is 14.6 Å². The zero-order chi connectivity index (χ0) is 11.6. The molecule has 4 heteroatoms. The lowest BCUT2D eigenvalue weighted by atomic mass is 10.2. The molecule has 0 saturated heterocycles. The Bertz CT molecular complexity index is 274. The van der Waals surface area contributed by atoms with Gasteiger partial charge in [0.25, 0.3) is 0 Å². The first kappa shape index (κ1) is 13.0. The summed E-state index contributed by atoms with van der Waals surface area (Å²) >= 11 is 0. The number of phenolic OH excluding ortho intramolecular Hbond substituents is 1. The molecule has 4 nitrogen and oxygen atoms in total. The van der Waals surface area contributed by atoms with Gasteiger partial charge in [-0.2, -0.15) is 0 Å². The van der Waals surface area contributed by atoms with Crippen LogP contribution in [0, 0.1) is 0 Å². The van der Waals surface area contributed by atoms with E-state index in [0.717, 1.165) is 18.7 Å². The van der Waals surface area contributed by atoms with Crippen molar-refractivity contribution in [1.29, 1.82) is 0 Å². The highest BCUT2D eigenvalue weighted by molar-refractivity contribution is 5.25. The maximum atomic E-state index is 9.10. The molecule has 0 saturated carbocycles. The molecule has 1 aromatic carbocycles. The molecule has 1 aromatic rings. The summed E-state index contributed by atoms with van der Waals surface area (Å²) in [6.07, 6.45) is 0. The number of aromatic hydroxyl groups is 1. The maximum absolute atomic E-state index is 9.10. The molecule has 0 heterocycles. The van der Waals surface area contributed by atoms with Crippen molar-refractivity contribution in [1.82, 2.24) is 5.32 Å². The molecule has 0 fully saturated rings. The summed E-state index contributed by atoms with van der Waals surface area (Å²) in [5.41, 5.74) is 1.15. The smallest absolute Gasteiger partial charge is 0.115 e. The average Bonchev–Trinajstić information content (AvgIpc) is 2.30. The molecule has 90 valence electrons. The lowest BCUT2D eigenvalue weighted by Gasteiger charge is -2.06. The summed E-state index contributed by atoms with van der Waals surface area (Å²) in [4.78, 5) is 0. The Morgan fingerprint density at radius 3 is 2.56 bits per heavy atom. The van der Waals surface area contributed by atoms with Crippen LogP contribution in [0.4, 0.5) is 0 Å². The average molecular weight is 225 g/mol. The van der Waals surface area contributed by atoms with Gasteiger partial charge in [0.05, 0.1) is 19.8 Å². The lowest BCUT2D eigenvalue weighted by Crippen LogP contribution is -2.20. The first-order valence-corrected chi connectivity index (χ1v) is 5.38. The van der Waals surface area contributed by atoms with Gasteiger partial charge in [-0.1, -0.05) is 12.1 Å². The van der Waals surface area contributed by atoms with Crippen LogP contribution in [0.25, 0.3) is 0 Å². The minimum absolute atomic E-state index is 0.298. The van der Waals surface area contributed by atoms with E-state index >= 15 is 0 Å². The van der Waals surface area contributed by atoms with Crippen LogP contribution >= 0.6 is 0 Å². The number of nitrogens with one attached hydrogen (secondary N) is 1. The van der Waals surface area contributed by atoms with Crippen LogP contribution in [0.1, 0.15) is 5.56 Å². The third kappa shape index (κ3) is 5.70. The Labute approximate surface area is 96.2 Å². The van der Waals surface area contributed by atoms with Crippen LogP contribution in [0.2, 0.25) is 0 Å². The highest BCUT2D eigenvalue weighted by Crippen LogP contribution is 2.08. The molecule has 1 rings (SSSR count). The third-order valence-electron chi connectivity index (χ3n) is 2.12. The Morgan fingerprint density at radius 1 is 1.12 bits per heavy atom. The summed E-state index contributed by atoms with van der Waals surface area (Å²) in [6, 6.07) is 7.17. The quantitative estimate of drug-likeness (QED) is 0.651. The molecule has 0 aromatic heterocycles. The Balaban J connectivity index is 2.01. The molecule has 0 atom stereocenters. The lowest BCUT2D eigenvalue weighted by molar-refractivity contribution is 0.0719. The van der Waals surface area contributed by atoms with E-state index in [9.17, 15) is 0 Å². The van der Waals surface area contributed by atoms with E-state index in [1.54, 1.807) is 19.2 Å². The summed E-state index contributed by atoms with van der Waals surface area (Å²) in [5.74, 6) is 0.298. The number of benzene rings is 1.